The van der Waals surface area contributed by atoms with E-state index in [4.69, 9.17) is 22.6 Å². The molecule has 1 rings (SSSR count). The number of hydrazine groups is 1. The summed E-state index contributed by atoms with van der Waals surface area (Å²) in [5.74, 6) is 5.21. The van der Waals surface area contributed by atoms with E-state index in [9.17, 15) is 0 Å². The maximum Gasteiger partial charge on any atom is 0.117 e. The first-order chi connectivity index (χ1) is 4.74. The van der Waals surface area contributed by atoms with Crippen LogP contribution in [0.1, 0.15) is 0 Å². The maximum atomic E-state index is 8.91. The SMILES string of the molecule is Cl.NNc1cc(O)ccc1Cl. The lowest BCUT2D eigenvalue weighted by molar-refractivity contribution is 0.475. The summed E-state index contributed by atoms with van der Waals surface area (Å²) < 4.78 is 0. The van der Waals surface area contributed by atoms with Gasteiger partial charge in [-0.25, -0.2) is 0 Å². The van der Waals surface area contributed by atoms with Crippen LogP contribution in [0.15, 0.2) is 18.2 Å². The molecule has 1 aromatic rings. The molecule has 0 radical (unpaired) electrons. The Morgan fingerprint density at radius 3 is 2.55 bits per heavy atom. The van der Waals surface area contributed by atoms with Crippen LogP contribution in [0.3, 0.4) is 0 Å². The maximum absolute atomic E-state index is 8.91. The molecule has 62 valence electrons. The number of anilines is 1. The summed E-state index contributed by atoms with van der Waals surface area (Å²) in [6, 6.07) is 4.50. The zero-order chi connectivity index (χ0) is 7.56. The third-order valence-electron chi connectivity index (χ3n) is 1.11. The number of halogens is 2. The van der Waals surface area contributed by atoms with Crippen molar-refractivity contribution in [2.45, 2.75) is 0 Å². The molecule has 4 N–H and O–H groups in total. The molecule has 0 aliphatic heterocycles. The van der Waals surface area contributed by atoms with Gasteiger partial charge in [-0.1, -0.05) is 11.6 Å². The van der Waals surface area contributed by atoms with E-state index in [2.05, 4.69) is 5.43 Å². The molecule has 0 saturated carbocycles. The van der Waals surface area contributed by atoms with Gasteiger partial charge in [-0.2, -0.15) is 0 Å². The second-order valence-corrected chi connectivity index (χ2v) is 2.22. The molecule has 0 fully saturated rings. The monoisotopic (exact) mass is 194 g/mol. The second-order valence-electron chi connectivity index (χ2n) is 1.81. The Hall–Kier alpha value is -0.640. The predicted molar refractivity (Wildman–Crippen MR) is 48.2 cm³/mol. The van der Waals surface area contributed by atoms with Gasteiger partial charge in [-0.05, 0) is 12.1 Å². The van der Waals surface area contributed by atoms with Gasteiger partial charge in [-0.3, -0.25) is 5.84 Å². The zero-order valence-corrected chi connectivity index (χ0v) is 7.12. The molecule has 0 amide bonds. The van der Waals surface area contributed by atoms with Gasteiger partial charge < -0.3 is 10.5 Å². The van der Waals surface area contributed by atoms with E-state index in [1.807, 2.05) is 0 Å². The van der Waals surface area contributed by atoms with Crippen molar-refractivity contribution in [3.8, 4) is 5.75 Å². The average molecular weight is 195 g/mol. The highest BCUT2D eigenvalue weighted by Gasteiger charge is 1.97. The minimum absolute atomic E-state index is 0. The van der Waals surface area contributed by atoms with Crippen LogP contribution < -0.4 is 11.3 Å². The van der Waals surface area contributed by atoms with Crippen molar-refractivity contribution in [1.82, 2.24) is 0 Å². The Bertz CT molecular complexity index is 242. The van der Waals surface area contributed by atoms with Crippen molar-refractivity contribution < 1.29 is 5.11 Å². The van der Waals surface area contributed by atoms with Crippen LogP contribution in [0.2, 0.25) is 5.02 Å². The van der Waals surface area contributed by atoms with E-state index in [1.54, 1.807) is 6.07 Å². The van der Waals surface area contributed by atoms with Gasteiger partial charge in [0, 0.05) is 6.07 Å². The minimum atomic E-state index is 0. The van der Waals surface area contributed by atoms with Crippen molar-refractivity contribution in [3.05, 3.63) is 23.2 Å². The van der Waals surface area contributed by atoms with Gasteiger partial charge >= 0.3 is 0 Å². The van der Waals surface area contributed by atoms with E-state index < -0.39 is 0 Å². The first-order valence-electron chi connectivity index (χ1n) is 2.69. The Labute approximate surface area is 75.5 Å². The summed E-state index contributed by atoms with van der Waals surface area (Å²) in [4.78, 5) is 0. The van der Waals surface area contributed by atoms with Crippen LogP contribution in [0.25, 0.3) is 0 Å². The summed E-state index contributed by atoms with van der Waals surface area (Å²) in [5.41, 5.74) is 2.86. The molecule has 0 aliphatic rings. The molecule has 0 heterocycles. The number of nitrogens with two attached hydrogens (primary N) is 1. The van der Waals surface area contributed by atoms with Crippen LogP contribution in [-0.2, 0) is 0 Å². The summed E-state index contributed by atoms with van der Waals surface area (Å²) in [6.45, 7) is 0. The van der Waals surface area contributed by atoms with Gasteiger partial charge in [0.1, 0.15) is 5.75 Å². The number of nitrogens with one attached hydrogen (secondary N) is 1. The van der Waals surface area contributed by atoms with E-state index in [0.29, 0.717) is 10.7 Å². The molecule has 5 heteroatoms. The highest BCUT2D eigenvalue weighted by Crippen LogP contribution is 2.24. The predicted octanol–water partition coefficient (Wildman–Crippen LogP) is 1.75. The Morgan fingerprint density at radius 1 is 1.45 bits per heavy atom. The molecule has 3 nitrogen and oxygen atoms in total. The highest BCUT2D eigenvalue weighted by molar-refractivity contribution is 6.33. The number of hydrogen-bond acceptors (Lipinski definition) is 3. The zero-order valence-electron chi connectivity index (χ0n) is 5.54. The van der Waals surface area contributed by atoms with Crippen LogP contribution in [0, 0.1) is 0 Å². The van der Waals surface area contributed by atoms with E-state index in [-0.39, 0.29) is 18.2 Å². The van der Waals surface area contributed by atoms with Crippen LogP contribution in [-0.4, -0.2) is 5.11 Å². The van der Waals surface area contributed by atoms with Gasteiger partial charge in [0.2, 0.25) is 0 Å². The molecule has 1 aromatic carbocycles. The number of nitrogen functional groups attached to an aromatic ring is 1. The van der Waals surface area contributed by atoms with Crippen molar-refractivity contribution in [2.75, 3.05) is 5.43 Å². The van der Waals surface area contributed by atoms with E-state index in [0.717, 1.165) is 0 Å². The molecule has 0 bridgehead atoms. The minimum Gasteiger partial charge on any atom is -0.508 e. The lowest BCUT2D eigenvalue weighted by Gasteiger charge is -2.01. The molecule has 11 heavy (non-hydrogen) atoms. The van der Waals surface area contributed by atoms with Gasteiger partial charge in [-0.15, -0.1) is 12.4 Å². The largest absolute Gasteiger partial charge is 0.508 e. The number of aromatic hydroxyl groups is 1. The van der Waals surface area contributed by atoms with Crippen LogP contribution >= 0.6 is 24.0 Å². The van der Waals surface area contributed by atoms with Crippen LogP contribution in [0.5, 0.6) is 5.75 Å². The molecule has 0 unspecified atom stereocenters. The standard InChI is InChI=1S/C6H7ClN2O.ClH/c7-5-2-1-4(10)3-6(5)9-8;/h1-3,9-10H,8H2;1H. The average Bonchev–Trinajstić information content (AvgIpc) is 1.94. The van der Waals surface area contributed by atoms with Gasteiger partial charge in [0.05, 0.1) is 10.7 Å². The molecule has 0 saturated heterocycles. The molecular weight excluding hydrogens is 187 g/mol. The lowest BCUT2D eigenvalue weighted by Crippen LogP contribution is -2.06. The normalized spacial score (nSPS) is 8.55. The van der Waals surface area contributed by atoms with Gasteiger partial charge in [0.15, 0.2) is 0 Å². The Balaban J connectivity index is 0.000001000. The summed E-state index contributed by atoms with van der Waals surface area (Å²) in [5, 5.41) is 9.40. The molecule has 0 spiro atoms. The molecule has 0 aliphatic carbocycles. The summed E-state index contributed by atoms with van der Waals surface area (Å²) >= 11 is 5.64. The number of phenolic OH excluding ortho intramolecular Hbond substituents is 1. The molecule has 0 aromatic heterocycles. The fourth-order valence-corrected chi connectivity index (χ4v) is 0.796. The number of phenols is 1. The van der Waals surface area contributed by atoms with E-state index in [1.165, 1.54) is 12.1 Å². The topological polar surface area (TPSA) is 58.3 Å². The second kappa shape index (κ2) is 4.28. The third-order valence-corrected chi connectivity index (χ3v) is 1.44. The summed E-state index contributed by atoms with van der Waals surface area (Å²) in [7, 11) is 0. The Morgan fingerprint density at radius 2 is 2.09 bits per heavy atom. The highest BCUT2D eigenvalue weighted by atomic mass is 35.5. The van der Waals surface area contributed by atoms with Crippen molar-refractivity contribution in [1.29, 1.82) is 0 Å². The smallest absolute Gasteiger partial charge is 0.117 e. The Kier molecular flexibility index (Phi) is 4.03. The first kappa shape index (κ1) is 10.4. The third kappa shape index (κ3) is 2.46. The van der Waals surface area contributed by atoms with Crippen LogP contribution in [0.4, 0.5) is 5.69 Å². The molecule has 0 atom stereocenters. The number of benzene rings is 1. The molecular formula is C6H8Cl2N2O. The van der Waals surface area contributed by atoms with Crippen molar-refractivity contribution in [2.24, 2.45) is 5.84 Å². The lowest BCUT2D eigenvalue weighted by atomic mass is 10.3. The number of rotatable bonds is 1. The van der Waals surface area contributed by atoms with Gasteiger partial charge in [0.25, 0.3) is 0 Å². The quantitative estimate of drug-likeness (QED) is 0.472. The summed E-state index contributed by atoms with van der Waals surface area (Å²) in [6.07, 6.45) is 0. The van der Waals surface area contributed by atoms with Crippen molar-refractivity contribution in [3.63, 3.8) is 0 Å². The first-order valence-corrected chi connectivity index (χ1v) is 3.07. The fraction of sp³-hybridized carbons (Fsp3) is 0. The fourth-order valence-electron chi connectivity index (χ4n) is 0.624. The van der Waals surface area contributed by atoms with E-state index >= 15 is 0 Å². The van der Waals surface area contributed by atoms with Crippen molar-refractivity contribution >= 4 is 29.7 Å². The number of hydrogen-bond donors (Lipinski definition) is 3.